The van der Waals surface area contributed by atoms with Crippen molar-refractivity contribution in [1.82, 2.24) is 4.90 Å². The topological polar surface area (TPSA) is 63.7 Å². The van der Waals surface area contributed by atoms with Gasteiger partial charge in [0.25, 0.3) is 5.91 Å². The van der Waals surface area contributed by atoms with Gasteiger partial charge in [0.15, 0.2) is 16.4 Å². The molecule has 1 fully saturated rings. The van der Waals surface area contributed by atoms with Crippen LogP contribution in [0.1, 0.15) is 13.3 Å². The third kappa shape index (κ3) is 4.17. The van der Waals surface area contributed by atoms with E-state index >= 15 is 0 Å². The third-order valence-corrected chi connectivity index (χ3v) is 5.22. The van der Waals surface area contributed by atoms with Gasteiger partial charge in [-0.2, -0.15) is 0 Å². The van der Waals surface area contributed by atoms with Gasteiger partial charge in [0.1, 0.15) is 11.6 Å². The van der Waals surface area contributed by atoms with Crippen molar-refractivity contribution in [1.29, 1.82) is 0 Å². The number of carbonyl (C=O) groups is 1. The molecule has 2 rings (SSSR count). The van der Waals surface area contributed by atoms with Crippen LogP contribution in [0.4, 0.5) is 4.39 Å². The number of halogens is 1. The normalized spacial score (nSPS) is 20.2. The SMILES string of the molecule is CCN(C(=O)COc1cccc(F)c1)C1CCS(=O)(=O)C1. The Morgan fingerprint density at radius 3 is 2.81 bits per heavy atom. The number of hydrogen-bond donors (Lipinski definition) is 0. The van der Waals surface area contributed by atoms with E-state index in [1.807, 2.05) is 0 Å². The van der Waals surface area contributed by atoms with Crippen molar-refractivity contribution in [3.8, 4) is 5.75 Å². The lowest BCUT2D eigenvalue weighted by Crippen LogP contribution is -2.43. The molecule has 116 valence electrons. The Balaban J connectivity index is 1.95. The molecule has 1 heterocycles. The standard InChI is InChI=1S/C14H18FNO4S/c1-2-16(12-6-7-21(18,19)10-12)14(17)9-20-13-5-3-4-11(15)8-13/h3-5,8,12H,2,6-7,9-10H2,1H3. The van der Waals surface area contributed by atoms with Gasteiger partial charge < -0.3 is 9.64 Å². The summed E-state index contributed by atoms with van der Waals surface area (Å²) in [6.07, 6.45) is 0.460. The number of rotatable bonds is 5. The first-order chi connectivity index (χ1) is 9.91. The van der Waals surface area contributed by atoms with E-state index in [9.17, 15) is 17.6 Å². The number of sulfone groups is 1. The first-order valence-electron chi connectivity index (χ1n) is 6.79. The van der Waals surface area contributed by atoms with Gasteiger partial charge in [0, 0.05) is 18.7 Å². The average molecular weight is 315 g/mol. The van der Waals surface area contributed by atoms with Crippen LogP contribution in [0, 0.1) is 5.82 Å². The van der Waals surface area contributed by atoms with E-state index in [0.29, 0.717) is 13.0 Å². The average Bonchev–Trinajstić information content (AvgIpc) is 2.77. The van der Waals surface area contributed by atoms with E-state index in [0.717, 1.165) is 0 Å². The first kappa shape index (κ1) is 15.8. The van der Waals surface area contributed by atoms with Gasteiger partial charge in [0.05, 0.1) is 11.5 Å². The van der Waals surface area contributed by atoms with E-state index in [-0.39, 0.29) is 35.8 Å². The Morgan fingerprint density at radius 1 is 1.48 bits per heavy atom. The molecule has 0 N–H and O–H groups in total. The van der Waals surface area contributed by atoms with Gasteiger partial charge in [-0.15, -0.1) is 0 Å². The first-order valence-corrected chi connectivity index (χ1v) is 8.61. The second-order valence-corrected chi connectivity index (χ2v) is 7.21. The van der Waals surface area contributed by atoms with E-state index in [1.54, 1.807) is 13.0 Å². The van der Waals surface area contributed by atoms with Crippen molar-refractivity contribution in [3.63, 3.8) is 0 Å². The van der Waals surface area contributed by atoms with Gasteiger partial charge in [-0.3, -0.25) is 4.79 Å². The van der Waals surface area contributed by atoms with Crippen LogP contribution in [0.25, 0.3) is 0 Å². The molecule has 5 nitrogen and oxygen atoms in total. The smallest absolute Gasteiger partial charge is 0.260 e. The van der Waals surface area contributed by atoms with E-state index in [1.165, 1.54) is 23.1 Å². The van der Waals surface area contributed by atoms with E-state index < -0.39 is 15.7 Å². The lowest BCUT2D eigenvalue weighted by atomic mass is 10.2. The van der Waals surface area contributed by atoms with Crippen LogP contribution in [0.15, 0.2) is 24.3 Å². The number of benzene rings is 1. The minimum absolute atomic E-state index is 0.00649. The molecule has 0 radical (unpaired) electrons. The van der Waals surface area contributed by atoms with Crippen LogP contribution in [0.3, 0.4) is 0 Å². The Kier molecular flexibility index (Phi) is 4.82. The summed E-state index contributed by atoms with van der Waals surface area (Å²) < 4.78 is 41.2. The largest absolute Gasteiger partial charge is 0.484 e. The summed E-state index contributed by atoms with van der Waals surface area (Å²) in [6.45, 7) is 1.99. The predicted octanol–water partition coefficient (Wildman–Crippen LogP) is 1.24. The van der Waals surface area contributed by atoms with Gasteiger partial charge >= 0.3 is 0 Å². The Labute approximate surface area is 123 Å². The lowest BCUT2D eigenvalue weighted by molar-refractivity contribution is -0.135. The lowest BCUT2D eigenvalue weighted by Gasteiger charge is -2.26. The minimum atomic E-state index is -3.04. The van der Waals surface area contributed by atoms with Crippen LogP contribution in [-0.4, -0.2) is 49.9 Å². The summed E-state index contributed by atoms with van der Waals surface area (Å²) >= 11 is 0. The number of nitrogens with zero attached hydrogens (tertiary/aromatic N) is 1. The molecule has 0 spiro atoms. The van der Waals surface area contributed by atoms with Gasteiger partial charge in [-0.05, 0) is 25.5 Å². The number of carbonyl (C=O) groups excluding carboxylic acids is 1. The molecule has 1 atom stereocenters. The predicted molar refractivity (Wildman–Crippen MR) is 76.3 cm³/mol. The molecule has 1 unspecified atom stereocenters. The highest BCUT2D eigenvalue weighted by atomic mass is 32.2. The summed E-state index contributed by atoms with van der Waals surface area (Å²) in [5, 5.41) is 0. The van der Waals surface area contributed by atoms with E-state index in [4.69, 9.17) is 4.74 Å². The zero-order valence-electron chi connectivity index (χ0n) is 11.8. The maximum absolute atomic E-state index is 13.0. The molecule has 1 aliphatic heterocycles. The van der Waals surface area contributed by atoms with Crippen molar-refractivity contribution in [2.24, 2.45) is 0 Å². The fourth-order valence-corrected chi connectivity index (χ4v) is 4.17. The summed E-state index contributed by atoms with van der Waals surface area (Å²) in [5.74, 6) is -0.324. The van der Waals surface area contributed by atoms with Crippen molar-refractivity contribution < 1.29 is 22.3 Å². The zero-order chi connectivity index (χ0) is 15.5. The summed E-state index contributed by atoms with van der Waals surface area (Å²) in [5.41, 5.74) is 0. The van der Waals surface area contributed by atoms with Crippen molar-refractivity contribution in [3.05, 3.63) is 30.1 Å². The molecule has 1 amide bonds. The maximum atomic E-state index is 13.0. The van der Waals surface area contributed by atoms with Crippen LogP contribution in [-0.2, 0) is 14.6 Å². The number of amides is 1. The molecule has 1 saturated heterocycles. The fraction of sp³-hybridized carbons (Fsp3) is 0.500. The zero-order valence-corrected chi connectivity index (χ0v) is 12.6. The van der Waals surface area contributed by atoms with Gasteiger partial charge in [0.2, 0.25) is 0 Å². The Morgan fingerprint density at radius 2 is 2.24 bits per heavy atom. The summed E-state index contributed by atoms with van der Waals surface area (Å²) in [7, 11) is -3.04. The highest BCUT2D eigenvalue weighted by Gasteiger charge is 2.33. The second-order valence-electron chi connectivity index (χ2n) is 4.98. The minimum Gasteiger partial charge on any atom is -0.484 e. The molecular formula is C14H18FNO4S. The second kappa shape index (κ2) is 6.43. The van der Waals surface area contributed by atoms with Crippen molar-refractivity contribution in [2.45, 2.75) is 19.4 Å². The van der Waals surface area contributed by atoms with Crippen LogP contribution in [0.2, 0.25) is 0 Å². The number of likely N-dealkylation sites (N-methyl/N-ethyl adjacent to an activating group) is 1. The van der Waals surface area contributed by atoms with Gasteiger partial charge in [-0.1, -0.05) is 6.07 Å². The Bertz CT molecular complexity index is 617. The van der Waals surface area contributed by atoms with Crippen LogP contribution < -0.4 is 4.74 Å². The molecule has 0 aromatic heterocycles. The third-order valence-electron chi connectivity index (χ3n) is 3.47. The molecular weight excluding hydrogens is 297 g/mol. The highest BCUT2D eigenvalue weighted by Crippen LogP contribution is 2.18. The molecule has 0 saturated carbocycles. The fourth-order valence-electron chi connectivity index (χ4n) is 2.44. The number of hydrogen-bond acceptors (Lipinski definition) is 4. The monoisotopic (exact) mass is 315 g/mol. The number of ether oxygens (including phenoxy) is 1. The molecule has 1 aromatic rings. The molecule has 21 heavy (non-hydrogen) atoms. The van der Waals surface area contributed by atoms with Crippen LogP contribution in [0.5, 0.6) is 5.75 Å². The quantitative estimate of drug-likeness (QED) is 0.820. The molecule has 0 bridgehead atoms. The van der Waals surface area contributed by atoms with E-state index in [2.05, 4.69) is 0 Å². The maximum Gasteiger partial charge on any atom is 0.260 e. The molecule has 1 aliphatic rings. The highest BCUT2D eigenvalue weighted by molar-refractivity contribution is 7.91. The van der Waals surface area contributed by atoms with Crippen molar-refractivity contribution in [2.75, 3.05) is 24.7 Å². The molecule has 1 aromatic carbocycles. The molecule has 7 heteroatoms. The summed E-state index contributed by atoms with van der Waals surface area (Å²) in [4.78, 5) is 13.7. The Hall–Kier alpha value is -1.63. The molecule has 0 aliphatic carbocycles. The van der Waals surface area contributed by atoms with Crippen LogP contribution >= 0.6 is 0 Å². The summed E-state index contributed by atoms with van der Waals surface area (Å²) in [6, 6.07) is 5.26. The van der Waals surface area contributed by atoms with Gasteiger partial charge in [-0.25, -0.2) is 12.8 Å². The van der Waals surface area contributed by atoms with Crippen molar-refractivity contribution >= 4 is 15.7 Å².